The number of imidazole rings is 1. The van der Waals surface area contributed by atoms with Gasteiger partial charge in [-0.3, -0.25) is 14.0 Å². The van der Waals surface area contributed by atoms with Crippen LogP contribution in [0.1, 0.15) is 54.2 Å². The molecular weight excluding hydrogens is 304 g/mol. The summed E-state index contributed by atoms with van der Waals surface area (Å²) in [5, 5.41) is 2.90. The van der Waals surface area contributed by atoms with Crippen molar-refractivity contribution >= 4 is 17.3 Å². The van der Waals surface area contributed by atoms with Gasteiger partial charge in [-0.25, -0.2) is 4.98 Å². The molecule has 24 heavy (non-hydrogen) atoms. The van der Waals surface area contributed by atoms with E-state index in [1.165, 1.54) is 0 Å². The van der Waals surface area contributed by atoms with Gasteiger partial charge in [-0.1, -0.05) is 19.9 Å². The summed E-state index contributed by atoms with van der Waals surface area (Å²) in [5.41, 5.74) is 0.990. The molecule has 0 bridgehead atoms. The molecule has 2 aromatic rings. The van der Waals surface area contributed by atoms with Crippen LogP contribution >= 0.6 is 0 Å². The number of amides is 2. The fourth-order valence-electron chi connectivity index (χ4n) is 2.98. The number of fused-ring (bicyclic) bond motifs is 1. The van der Waals surface area contributed by atoms with Crippen molar-refractivity contribution in [1.82, 2.24) is 19.6 Å². The van der Waals surface area contributed by atoms with Crippen LogP contribution < -0.4 is 5.32 Å². The number of rotatable bonds is 5. The summed E-state index contributed by atoms with van der Waals surface area (Å²) < 4.78 is 1.72. The van der Waals surface area contributed by atoms with Gasteiger partial charge in [0.15, 0.2) is 5.69 Å². The Bertz CT molecular complexity index is 745. The number of likely N-dealkylation sites (tertiary alicyclic amines) is 1. The van der Waals surface area contributed by atoms with Crippen LogP contribution in [0.3, 0.4) is 0 Å². The summed E-state index contributed by atoms with van der Waals surface area (Å²) in [7, 11) is 0. The number of aromatic nitrogens is 2. The smallest absolute Gasteiger partial charge is 0.290 e. The van der Waals surface area contributed by atoms with Crippen LogP contribution in [0.5, 0.6) is 0 Å². The Morgan fingerprint density at radius 1 is 1.25 bits per heavy atom. The topological polar surface area (TPSA) is 66.7 Å². The van der Waals surface area contributed by atoms with Gasteiger partial charge in [0.05, 0.1) is 5.52 Å². The quantitative estimate of drug-likeness (QED) is 0.916. The number of hydrogen-bond acceptors (Lipinski definition) is 3. The minimum Gasteiger partial charge on any atom is -0.351 e. The maximum absolute atomic E-state index is 12.7. The molecule has 1 fully saturated rings. The Morgan fingerprint density at radius 2 is 2.00 bits per heavy atom. The van der Waals surface area contributed by atoms with Crippen molar-refractivity contribution in [1.29, 1.82) is 0 Å². The average Bonchev–Trinajstić information content (AvgIpc) is 3.22. The van der Waals surface area contributed by atoms with Gasteiger partial charge in [0, 0.05) is 25.8 Å². The fourth-order valence-corrected chi connectivity index (χ4v) is 2.98. The van der Waals surface area contributed by atoms with Crippen LogP contribution in [0.2, 0.25) is 0 Å². The molecule has 0 aromatic carbocycles. The normalized spacial score (nSPS) is 14.5. The van der Waals surface area contributed by atoms with E-state index in [1.54, 1.807) is 10.6 Å². The first-order chi connectivity index (χ1) is 11.6. The summed E-state index contributed by atoms with van der Waals surface area (Å²) in [5.74, 6) is 0.521. The lowest BCUT2D eigenvalue weighted by atomic mass is 10.1. The predicted octanol–water partition coefficient (Wildman–Crippen LogP) is 2.35. The zero-order chi connectivity index (χ0) is 17.1. The van der Waals surface area contributed by atoms with E-state index in [1.807, 2.05) is 23.1 Å². The van der Waals surface area contributed by atoms with Crippen LogP contribution in [-0.4, -0.2) is 45.7 Å². The molecule has 1 N–H and O–H groups in total. The highest BCUT2D eigenvalue weighted by atomic mass is 16.2. The van der Waals surface area contributed by atoms with Gasteiger partial charge in [-0.05, 0) is 37.3 Å². The largest absolute Gasteiger partial charge is 0.351 e. The van der Waals surface area contributed by atoms with E-state index in [0.29, 0.717) is 29.5 Å². The van der Waals surface area contributed by atoms with Crippen LogP contribution in [0.15, 0.2) is 24.4 Å². The zero-order valence-electron chi connectivity index (χ0n) is 14.3. The molecule has 1 saturated heterocycles. The van der Waals surface area contributed by atoms with E-state index in [-0.39, 0.29) is 11.8 Å². The molecule has 0 atom stereocenters. The zero-order valence-corrected chi connectivity index (χ0v) is 14.3. The highest BCUT2D eigenvalue weighted by Crippen LogP contribution is 2.17. The van der Waals surface area contributed by atoms with E-state index >= 15 is 0 Å². The van der Waals surface area contributed by atoms with E-state index in [2.05, 4.69) is 24.1 Å². The second kappa shape index (κ2) is 7.03. The molecule has 128 valence electrons. The van der Waals surface area contributed by atoms with Crippen molar-refractivity contribution in [2.45, 2.75) is 33.1 Å². The van der Waals surface area contributed by atoms with Crippen LogP contribution in [-0.2, 0) is 0 Å². The Labute approximate surface area is 141 Å². The number of nitrogens with zero attached hydrogens (tertiary/aromatic N) is 3. The summed E-state index contributed by atoms with van der Waals surface area (Å²) in [6.45, 7) is 6.36. The standard InChI is InChI=1S/C18H24N4O2/c1-13(2)8-9-19-17(23)15-14-7-3-4-12-22(14)16(20-15)18(24)21-10-5-6-11-21/h3-4,7,12-13H,5-6,8-11H2,1-2H3,(H,19,23). The van der Waals surface area contributed by atoms with Gasteiger partial charge >= 0.3 is 0 Å². The summed E-state index contributed by atoms with van der Waals surface area (Å²) in [6.07, 6.45) is 4.75. The third-order valence-electron chi connectivity index (χ3n) is 4.36. The van der Waals surface area contributed by atoms with E-state index in [4.69, 9.17) is 0 Å². The van der Waals surface area contributed by atoms with Crippen molar-refractivity contribution in [2.75, 3.05) is 19.6 Å². The lowest BCUT2D eigenvalue weighted by molar-refractivity contribution is 0.0780. The predicted molar refractivity (Wildman–Crippen MR) is 92.1 cm³/mol. The van der Waals surface area contributed by atoms with E-state index in [0.717, 1.165) is 32.4 Å². The van der Waals surface area contributed by atoms with Gasteiger partial charge in [0.2, 0.25) is 5.82 Å². The van der Waals surface area contributed by atoms with Gasteiger partial charge < -0.3 is 10.2 Å². The SMILES string of the molecule is CC(C)CCNC(=O)c1nc(C(=O)N2CCCC2)n2ccccc12. The second-order valence-corrected chi connectivity index (χ2v) is 6.68. The molecule has 6 nitrogen and oxygen atoms in total. The fraction of sp³-hybridized carbons (Fsp3) is 0.500. The van der Waals surface area contributed by atoms with E-state index < -0.39 is 0 Å². The lowest BCUT2D eigenvalue weighted by Crippen LogP contribution is -2.29. The van der Waals surface area contributed by atoms with Gasteiger partial charge in [0.1, 0.15) is 0 Å². The number of pyridine rings is 1. The minimum atomic E-state index is -0.222. The third-order valence-corrected chi connectivity index (χ3v) is 4.36. The minimum absolute atomic E-state index is 0.102. The third kappa shape index (κ3) is 3.27. The molecular formula is C18H24N4O2. The maximum atomic E-state index is 12.7. The Hall–Kier alpha value is -2.37. The first-order valence-corrected chi connectivity index (χ1v) is 8.62. The van der Waals surface area contributed by atoms with Gasteiger partial charge in [-0.2, -0.15) is 0 Å². The molecule has 0 unspecified atom stereocenters. The Kier molecular flexibility index (Phi) is 4.83. The molecule has 1 aliphatic rings. The monoisotopic (exact) mass is 328 g/mol. The molecule has 0 spiro atoms. The summed E-state index contributed by atoms with van der Waals surface area (Å²) in [4.78, 5) is 31.4. The van der Waals surface area contributed by atoms with Crippen molar-refractivity contribution < 1.29 is 9.59 Å². The highest BCUT2D eigenvalue weighted by molar-refractivity contribution is 6.02. The Morgan fingerprint density at radius 3 is 2.71 bits per heavy atom. The first kappa shape index (κ1) is 16.5. The van der Waals surface area contributed by atoms with Crippen molar-refractivity contribution in [2.24, 2.45) is 5.92 Å². The summed E-state index contributed by atoms with van der Waals surface area (Å²) >= 11 is 0. The lowest BCUT2D eigenvalue weighted by Gasteiger charge is -2.13. The Balaban J connectivity index is 1.88. The maximum Gasteiger partial charge on any atom is 0.290 e. The molecule has 0 radical (unpaired) electrons. The molecule has 2 aromatic heterocycles. The number of nitrogens with one attached hydrogen (secondary N) is 1. The molecule has 6 heteroatoms. The van der Waals surface area contributed by atoms with Gasteiger partial charge in [0.25, 0.3) is 11.8 Å². The molecule has 0 aliphatic carbocycles. The number of carbonyl (C=O) groups is 2. The molecule has 3 heterocycles. The van der Waals surface area contributed by atoms with E-state index in [9.17, 15) is 9.59 Å². The second-order valence-electron chi connectivity index (χ2n) is 6.68. The molecule has 0 saturated carbocycles. The van der Waals surface area contributed by atoms with Crippen molar-refractivity contribution in [3.8, 4) is 0 Å². The van der Waals surface area contributed by atoms with Crippen LogP contribution in [0.4, 0.5) is 0 Å². The molecule has 3 rings (SSSR count). The van der Waals surface area contributed by atoms with Crippen LogP contribution in [0.25, 0.3) is 5.52 Å². The van der Waals surface area contributed by atoms with Crippen molar-refractivity contribution in [3.05, 3.63) is 35.9 Å². The highest BCUT2D eigenvalue weighted by Gasteiger charge is 2.26. The van der Waals surface area contributed by atoms with Crippen molar-refractivity contribution in [3.63, 3.8) is 0 Å². The summed E-state index contributed by atoms with van der Waals surface area (Å²) in [6, 6.07) is 5.52. The number of carbonyl (C=O) groups excluding carboxylic acids is 2. The number of hydrogen-bond donors (Lipinski definition) is 1. The molecule has 2 amide bonds. The first-order valence-electron chi connectivity index (χ1n) is 8.62. The van der Waals surface area contributed by atoms with Crippen LogP contribution in [0, 0.1) is 5.92 Å². The average molecular weight is 328 g/mol. The van der Waals surface area contributed by atoms with Gasteiger partial charge in [-0.15, -0.1) is 0 Å². The molecule has 1 aliphatic heterocycles.